The predicted octanol–water partition coefficient (Wildman–Crippen LogP) is 9.90. The maximum absolute atomic E-state index is 14.2. The summed E-state index contributed by atoms with van der Waals surface area (Å²) in [5.74, 6) is 2.95. The number of hydrogen-bond donors (Lipinski definition) is 7. The number of rotatable bonds is 18. The molecule has 0 aromatic heterocycles. The third-order valence-corrected chi connectivity index (χ3v) is 27.7. The van der Waals surface area contributed by atoms with Gasteiger partial charge in [-0.15, -0.1) is 0 Å². The molecule has 2 aromatic rings. The summed E-state index contributed by atoms with van der Waals surface area (Å²) in [6.07, 6.45) is 14.2. The number of carbonyl (C=O) groups is 3. The van der Waals surface area contributed by atoms with Crippen LogP contribution in [-0.4, -0.2) is 115 Å². The summed E-state index contributed by atoms with van der Waals surface area (Å²) >= 11 is 1.67. The van der Waals surface area contributed by atoms with Gasteiger partial charge in [0.1, 0.15) is 0 Å². The molecular formula is C66H102N4O9S2. The van der Waals surface area contributed by atoms with Crippen molar-refractivity contribution < 1.29 is 43.2 Å². The van der Waals surface area contributed by atoms with Gasteiger partial charge in [0.2, 0.25) is 21.8 Å². The third kappa shape index (κ3) is 10.9. The quantitative estimate of drug-likeness (QED) is 0.0748. The number of thioether (sulfide) groups is 1. The number of carbonyl (C=O) groups excluding carboxylic acids is 3. The van der Waals surface area contributed by atoms with Crippen LogP contribution >= 0.6 is 11.8 Å². The topological polar surface area (TPSA) is 206 Å². The van der Waals surface area contributed by atoms with E-state index < -0.39 is 40.5 Å². The molecule has 13 unspecified atom stereocenters. The zero-order valence-electron chi connectivity index (χ0n) is 50.7. The minimum Gasteiger partial charge on any atom is -0.393 e. The van der Waals surface area contributed by atoms with Crippen molar-refractivity contribution in [1.82, 2.24) is 15.4 Å². The summed E-state index contributed by atoms with van der Waals surface area (Å²) in [5, 5.41) is 57.2. The molecule has 13 nitrogen and oxygen atoms in total. The molecule has 15 heteroatoms. The van der Waals surface area contributed by atoms with Crippen molar-refractivity contribution in [2.75, 3.05) is 31.0 Å². The molecule has 81 heavy (non-hydrogen) atoms. The standard InChI is InChI=1S/C66H102N4O9S2/c1-37(46-19-21-49-62-51(36-58(75)65(46,49)6)64(5)29-26-43(32-41(64)34-55(62)73)69-81(78,79)56-16-12-13-44-45(56)14-11-15-53(44)70(8)9)17-23-59(76)67-42-25-28-63(4)40(31-42)33-54(72)61-48-22-20-47(66(48,7)57(74)35-50(61)63)38(2)18-24-60(77)68-52(39(3)71)27-30-80-10/h11-16,37-38,40-43,46-52,54-55,57-58,61-62,69,72-75H,17-36H2,1-10H3,(H,67,76)(H,68,77)/t37?,38?,40-,41-,42+,43+,46?,47?,48-,49?,50?,51?,52-,54-,55-,57?,58?,61+,62+,63?,64?,65?,66?/m0/s1. The molecule has 0 bridgehead atoms. The second kappa shape index (κ2) is 23.5. The van der Waals surface area contributed by atoms with Gasteiger partial charge in [0.05, 0.1) is 35.4 Å². The lowest BCUT2D eigenvalue weighted by atomic mass is 9.43. The lowest BCUT2D eigenvalue weighted by Gasteiger charge is -2.63. The molecule has 0 heterocycles. The first-order chi connectivity index (χ1) is 38.3. The number of aliphatic hydroxyl groups excluding tert-OH is 4. The van der Waals surface area contributed by atoms with E-state index in [0.717, 1.165) is 74.6 Å². The number of nitrogens with one attached hydrogen (secondary N) is 3. The SMILES string of the molecule is CSCC[C@H](NC(=O)CCC(C)C1CC[C@H]2[C@@H]3C(CC(O)C12C)C1(C)CC[C@@H](NC(=O)CCC(C)C2CCC4[C@@H]5C(CC(O)C24C)C2(C)CC[C@@H](NS(=O)(=O)c4cccc6c(N(C)C)cccc46)C[C@H]2C[C@@H]5O)C[C@H]1C[C@@H]3O)C(C)=O. The van der Waals surface area contributed by atoms with Crippen molar-refractivity contribution in [3.63, 3.8) is 0 Å². The second-order valence-corrected chi connectivity index (χ2v) is 32.1. The van der Waals surface area contributed by atoms with E-state index in [1.807, 2.05) is 55.6 Å². The lowest BCUT2D eigenvalue weighted by molar-refractivity contribution is -0.202. The van der Waals surface area contributed by atoms with E-state index in [4.69, 9.17) is 0 Å². The minimum atomic E-state index is -3.84. The van der Waals surface area contributed by atoms with E-state index in [-0.39, 0.29) is 122 Å². The molecule has 2 aromatic carbocycles. The van der Waals surface area contributed by atoms with Gasteiger partial charge in [-0.3, -0.25) is 14.4 Å². The fraction of sp³-hybridized carbons (Fsp3) is 0.803. The maximum atomic E-state index is 14.2. The fourth-order valence-corrected chi connectivity index (χ4v) is 23.0. The first kappa shape index (κ1) is 61.3. The van der Waals surface area contributed by atoms with Crippen LogP contribution in [-0.2, 0) is 24.4 Å². The smallest absolute Gasteiger partial charge is 0.241 e. The highest BCUT2D eigenvalue weighted by Gasteiger charge is 2.68. The number of nitrogens with zero attached hydrogens (tertiary/aromatic N) is 1. The van der Waals surface area contributed by atoms with Gasteiger partial charge in [0, 0.05) is 55.5 Å². The molecule has 8 aliphatic carbocycles. The first-order valence-electron chi connectivity index (χ1n) is 31.8. The van der Waals surface area contributed by atoms with Crippen LogP contribution in [0.1, 0.15) is 170 Å². The Hall–Kier alpha value is -2.79. The van der Waals surface area contributed by atoms with E-state index in [1.54, 1.807) is 24.8 Å². The van der Waals surface area contributed by atoms with Gasteiger partial charge < -0.3 is 36.0 Å². The molecule has 0 radical (unpaired) electrons. The Balaban J connectivity index is 0.715. The summed E-state index contributed by atoms with van der Waals surface area (Å²) in [5.41, 5.74) is 0.0829. The maximum Gasteiger partial charge on any atom is 0.241 e. The average molecular weight is 1160 g/mol. The molecule has 8 fully saturated rings. The van der Waals surface area contributed by atoms with Crippen LogP contribution in [0.15, 0.2) is 41.3 Å². The lowest BCUT2D eigenvalue weighted by Crippen LogP contribution is -2.63. The van der Waals surface area contributed by atoms with E-state index in [0.29, 0.717) is 74.5 Å². The van der Waals surface area contributed by atoms with Gasteiger partial charge in [0.15, 0.2) is 5.78 Å². The van der Waals surface area contributed by atoms with Gasteiger partial charge in [-0.1, -0.05) is 65.8 Å². The fourth-order valence-electron chi connectivity index (χ4n) is 21.0. The number of aliphatic hydroxyl groups is 4. The molecular weight excluding hydrogens is 1060 g/mol. The zero-order chi connectivity index (χ0) is 58.3. The molecule has 0 aliphatic heterocycles. The van der Waals surface area contributed by atoms with Gasteiger partial charge in [-0.05, 0) is 233 Å². The van der Waals surface area contributed by atoms with Gasteiger partial charge in [-0.25, -0.2) is 13.1 Å². The molecule has 452 valence electrons. The normalized spacial score (nSPS) is 42.0. The number of benzene rings is 2. The number of ketones is 1. The Kier molecular flexibility index (Phi) is 17.8. The number of Topliss-reactive ketones (excluding diaryl/α,β-unsaturated/α-hetero) is 1. The summed E-state index contributed by atoms with van der Waals surface area (Å²) < 4.78 is 31.4. The Morgan fingerprint density at radius 1 is 0.654 bits per heavy atom. The molecule has 8 saturated carbocycles. The van der Waals surface area contributed by atoms with Crippen molar-refractivity contribution in [3.8, 4) is 0 Å². The van der Waals surface area contributed by atoms with Crippen molar-refractivity contribution in [1.29, 1.82) is 0 Å². The van der Waals surface area contributed by atoms with Crippen molar-refractivity contribution in [2.45, 2.75) is 218 Å². The van der Waals surface area contributed by atoms with Crippen LogP contribution in [0.5, 0.6) is 0 Å². The molecule has 23 atom stereocenters. The van der Waals surface area contributed by atoms with Crippen LogP contribution in [0.2, 0.25) is 0 Å². The van der Waals surface area contributed by atoms with Gasteiger partial charge in [0.25, 0.3) is 0 Å². The Labute approximate surface area is 489 Å². The van der Waals surface area contributed by atoms with Crippen LogP contribution in [0, 0.1) is 92.7 Å². The summed E-state index contributed by atoms with van der Waals surface area (Å²) in [7, 11) is 0.0878. The van der Waals surface area contributed by atoms with E-state index in [9.17, 15) is 43.2 Å². The second-order valence-electron chi connectivity index (χ2n) is 29.4. The highest BCUT2D eigenvalue weighted by molar-refractivity contribution is 7.98. The number of anilines is 1. The number of fused-ring (bicyclic) bond motifs is 11. The third-order valence-electron chi connectivity index (χ3n) is 25.5. The highest BCUT2D eigenvalue weighted by atomic mass is 32.2. The largest absolute Gasteiger partial charge is 0.393 e. The average Bonchev–Trinajstić information content (AvgIpc) is 3.54. The first-order valence-corrected chi connectivity index (χ1v) is 34.7. The van der Waals surface area contributed by atoms with Crippen LogP contribution in [0.3, 0.4) is 0 Å². The van der Waals surface area contributed by atoms with Crippen LogP contribution in [0.25, 0.3) is 10.8 Å². The van der Waals surface area contributed by atoms with Crippen LogP contribution < -0.4 is 20.3 Å². The number of sulfonamides is 1. The van der Waals surface area contributed by atoms with E-state index in [2.05, 4.69) is 56.9 Å². The molecule has 0 saturated heterocycles. The molecule has 8 aliphatic rings. The van der Waals surface area contributed by atoms with Crippen molar-refractivity contribution in [2.24, 2.45) is 92.7 Å². The molecule has 7 N–H and O–H groups in total. The molecule has 10 rings (SSSR count). The van der Waals surface area contributed by atoms with Gasteiger partial charge >= 0.3 is 0 Å². The van der Waals surface area contributed by atoms with E-state index in [1.165, 1.54) is 0 Å². The molecule has 0 spiro atoms. The Morgan fingerprint density at radius 2 is 1.16 bits per heavy atom. The Morgan fingerprint density at radius 3 is 1.69 bits per heavy atom. The van der Waals surface area contributed by atoms with Crippen molar-refractivity contribution in [3.05, 3.63) is 36.4 Å². The summed E-state index contributed by atoms with van der Waals surface area (Å²) in [6, 6.07) is 10.6. The van der Waals surface area contributed by atoms with E-state index >= 15 is 0 Å². The van der Waals surface area contributed by atoms with Gasteiger partial charge in [-0.2, -0.15) is 11.8 Å². The van der Waals surface area contributed by atoms with Crippen LogP contribution in [0.4, 0.5) is 5.69 Å². The summed E-state index contributed by atoms with van der Waals surface area (Å²) in [6.45, 7) is 15.3. The minimum absolute atomic E-state index is 0.0105. The molecule has 2 amide bonds. The van der Waals surface area contributed by atoms with Crippen molar-refractivity contribution >= 4 is 55.8 Å². The Bertz CT molecular complexity index is 2750. The highest BCUT2D eigenvalue weighted by Crippen LogP contribution is 2.70. The number of hydrogen-bond acceptors (Lipinski definition) is 11. The zero-order valence-corrected chi connectivity index (χ0v) is 52.3. The predicted molar refractivity (Wildman–Crippen MR) is 323 cm³/mol. The summed E-state index contributed by atoms with van der Waals surface area (Å²) in [4.78, 5) is 41.6. The monoisotopic (exact) mass is 1160 g/mol. The number of amides is 2.